The van der Waals surface area contributed by atoms with Gasteiger partial charge < -0.3 is 34.6 Å². The number of imidazole rings is 1. The number of anilines is 1. The molecule has 3 aliphatic rings. The van der Waals surface area contributed by atoms with E-state index in [2.05, 4.69) is 20.3 Å². The Morgan fingerprint density at radius 3 is 2.74 bits per heavy atom. The molecule has 186 valence electrons. The summed E-state index contributed by atoms with van der Waals surface area (Å²) in [5.41, 5.74) is 0.875. The summed E-state index contributed by atoms with van der Waals surface area (Å²) in [6, 6.07) is 0.280. The van der Waals surface area contributed by atoms with E-state index < -0.39 is 50.4 Å². The minimum absolute atomic E-state index is 0.00901. The molecule has 3 fully saturated rings. The van der Waals surface area contributed by atoms with Gasteiger partial charge in [0.2, 0.25) is 11.2 Å². The van der Waals surface area contributed by atoms with Gasteiger partial charge in [-0.15, -0.1) is 0 Å². The van der Waals surface area contributed by atoms with Crippen LogP contribution in [0, 0.1) is 0 Å². The molecule has 0 radical (unpaired) electrons. The second kappa shape index (κ2) is 8.98. The van der Waals surface area contributed by atoms with Crippen LogP contribution in [0.15, 0.2) is 6.33 Å². The summed E-state index contributed by atoms with van der Waals surface area (Å²) >= 11 is 6.19. The predicted octanol–water partition coefficient (Wildman–Crippen LogP) is 0.844. The number of aliphatic hydroxyl groups excluding tert-OH is 1. The van der Waals surface area contributed by atoms with Gasteiger partial charge in [0, 0.05) is 6.04 Å². The molecule has 1 unspecified atom stereocenters. The zero-order chi connectivity index (χ0) is 24.2. The first-order chi connectivity index (χ1) is 16.1. The van der Waals surface area contributed by atoms with Crippen LogP contribution in [0.3, 0.4) is 0 Å². The largest absolute Gasteiger partial charge is 0.386 e. The van der Waals surface area contributed by atoms with Gasteiger partial charge in [-0.2, -0.15) is 9.97 Å². The first kappa shape index (κ1) is 23.9. The van der Waals surface area contributed by atoms with Gasteiger partial charge in [0.15, 0.2) is 23.2 Å². The van der Waals surface area contributed by atoms with E-state index in [1.807, 2.05) is 0 Å². The van der Waals surface area contributed by atoms with Crippen LogP contribution in [0.1, 0.15) is 38.8 Å². The highest BCUT2D eigenvalue weighted by Gasteiger charge is 2.51. The van der Waals surface area contributed by atoms with E-state index in [1.165, 1.54) is 11.2 Å². The van der Waals surface area contributed by atoms with Crippen LogP contribution in [0.5, 0.6) is 0 Å². The van der Waals surface area contributed by atoms with Crippen molar-refractivity contribution in [2.24, 2.45) is 0 Å². The molecule has 0 aromatic carbocycles. The number of rotatable bonds is 5. The van der Waals surface area contributed by atoms with Crippen molar-refractivity contribution in [2.45, 2.75) is 69.4 Å². The number of ether oxygens (including phenoxy) is 2. The van der Waals surface area contributed by atoms with E-state index in [1.54, 1.807) is 11.5 Å². The molecule has 1 aliphatic carbocycles. The van der Waals surface area contributed by atoms with Gasteiger partial charge >= 0.3 is 7.60 Å². The molecule has 2 aromatic rings. The first-order valence-corrected chi connectivity index (χ1v) is 13.3. The Morgan fingerprint density at radius 1 is 1.29 bits per heavy atom. The van der Waals surface area contributed by atoms with Gasteiger partial charge in [0.05, 0.1) is 12.9 Å². The Bertz CT molecular complexity index is 1140. The molecule has 0 spiro atoms. The van der Waals surface area contributed by atoms with Crippen LogP contribution >= 0.6 is 19.2 Å². The van der Waals surface area contributed by atoms with Crippen LogP contribution < -0.4 is 5.32 Å². The van der Waals surface area contributed by atoms with Gasteiger partial charge in [0.25, 0.3) is 0 Å². The van der Waals surface area contributed by atoms with E-state index in [-0.39, 0.29) is 17.9 Å². The number of fused-ring (bicyclic) bond motifs is 2. The third-order valence-corrected chi connectivity index (χ3v) is 7.36. The fourth-order valence-electron chi connectivity index (χ4n) is 4.92. The minimum atomic E-state index is -4.54. The highest BCUT2D eigenvalue weighted by molar-refractivity contribution is 7.52. The lowest BCUT2D eigenvalue weighted by molar-refractivity contribution is -0.186. The van der Waals surface area contributed by atoms with Crippen molar-refractivity contribution in [3.8, 4) is 0 Å². The van der Waals surface area contributed by atoms with E-state index in [0.717, 1.165) is 25.7 Å². The summed E-state index contributed by atoms with van der Waals surface area (Å²) < 4.78 is 24.7. The van der Waals surface area contributed by atoms with Crippen molar-refractivity contribution in [2.75, 3.05) is 18.0 Å². The van der Waals surface area contributed by atoms with E-state index in [0.29, 0.717) is 17.0 Å². The van der Waals surface area contributed by atoms with Crippen molar-refractivity contribution >= 4 is 42.1 Å². The standard InChI is InChI=1S/C19H26ClN6O7P/c1-9-25(12(27)7-34(29,30)31)6-11-15(32-9)14(28)18(33-11)26-8-21-13-16(22-10-4-2-3-5-10)23-19(20)24-17(13)26/h8-11,14-15,18,28H,2-7H2,1H3,(H,22,23,24)(H2,29,30,31)/t9?,11-,14-,15-,18-/m1/s1. The third-order valence-electron chi connectivity index (χ3n) is 6.50. The van der Waals surface area contributed by atoms with Crippen molar-refractivity contribution in [1.82, 2.24) is 24.4 Å². The van der Waals surface area contributed by atoms with Crippen LogP contribution in [0.4, 0.5) is 5.82 Å². The number of aliphatic hydroxyl groups is 1. The van der Waals surface area contributed by atoms with Crippen LogP contribution in [0.2, 0.25) is 5.28 Å². The number of amides is 1. The van der Waals surface area contributed by atoms with Gasteiger partial charge in [-0.1, -0.05) is 12.8 Å². The average molecular weight is 517 g/mol. The zero-order valence-corrected chi connectivity index (χ0v) is 20.0. The molecule has 2 aliphatic heterocycles. The van der Waals surface area contributed by atoms with Crippen molar-refractivity contribution in [1.29, 1.82) is 0 Å². The van der Waals surface area contributed by atoms with E-state index >= 15 is 0 Å². The van der Waals surface area contributed by atoms with E-state index in [4.69, 9.17) is 30.9 Å². The predicted molar refractivity (Wildman–Crippen MR) is 119 cm³/mol. The maximum Gasteiger partial charge on any atom is 0.334 e. The summed E-state index contributed by atoms with van der Waals surface area (Å²) in [6.07, 6.45) is 0.607. The topological polar surface area (TPSA) is 172 Å². The lowest BCUT2D eigenvalue weighted by Crippen LogP contribution is -2.56. The first-order valence-electron chi connectivity index (χ1n) is 11.1. The molecule has 5 atom stereocenters. The highest BCUT2D eigenvalue weighted by atomic mass is 35.5. The van der Waals surface area contributed by atoms with Gasteiger partial charge in [-0.25, -0.2) is 4.98 Å². The van der Waals surface area contributed by atoms with Crippen molar-refractivity contribution < 1.29 is 33.7 Å². The Kier molecular flexibility index (Phi) is 6.30. The summed E-state index contributed by atoms with van der Waals surface area (Å²) in [4.78, 5) is 44.9. The number of carbonyl (C=O) groups is 1. The SMILES string of the molecule is CC1O[C@H]2[C@@H](O)[C@H](n3cnc4c(NC5CCCC5)nc(Cl)nc43)O[C@@H]2CN1C(=O)CP(=O)(O)O. The monoisotopic (exact) mass is 516 g/mol. The molecule has 1 amide bonds. The highest BCUT2D eigenvalue weighted by Crippen LogP contribution is 2.39. The molecular formula is C19H26ClN6O7P. The Morgan fingerprint density at radius 2 is 2.03 bits per heavy atom. The minimum Gasteiger partial charge on any atom is -0.386 e. The maximum atomic E-state index is 12.4. The van der Waals surface area contributed by atoms with Crippen molar-refractivity contribution in [3.63, 3.8) is 0 Å². The quantitative estimate of drug-likeness (QED) is 0.327. The fraction of sp³-hybridized carbons (Fsp3) is 0.684. The average Bonchev–Trinajstić information content (AvgIpc) is 3.46. The molecule has 2 saturated heterocycles. The summed E-state index contributed by atoms with van der Waals surface area (Å²) in [5.74, 6) is -0.235. The molecule has 0 bridgehead atoms. The number of hydrogen-bond acceptors (Lipinski definition) is 9. The zero-order valence-electron chi connectivity index (χ0n) is 18.3. The normalized spacial score (nSPS) is 30.1. The van der Waals surface area contributed by atoms with Gasteiger partial charge in [-0.3, -0.25) is 13.9 Å². The molecule has 2 aromatic heterocycles. The summed E-state index contributed by atoms with van der Waals surface area (Å²) in [7, 11) is -4.54. The Hall–Kier alpha value is -1.86. The second-order valence-corrected chi connectivity index (χ2v) is 10.9. The summed E-state index contributed by atoms with van der Waals surface area (Å²) in [5, 5.41) is 14.4. The Labute approximate surface area is 199 Å². The van der Waals surface area contributed by atoms with Gasteiger partial charge in [0.1, 0.15) is 30.7 Å². The number of nitrogens with zero attached hydrogens (tertiary/aromatic N) is 5. The third kappa shape index (κ3) is 4.53. The Balaban J connectivity index is 1.39. The molecular weight excluding hydrogens is 491 g/mol. The number of nitrogens with one attached hydrogen (secondary N) is 1. The lowest BCUT2D eigenvalue weighted by atomic mass is 10.1. The van der Waals surface area contributed by atoms with Crippen LogP contribution in [-0.4, -0.2) is 88.5 Å². The van der Waals surface area contributed by atoms with Crippen molar-refractivity contribution in [3.05, 3.63) is 11.6 Å². The molecule has 4 heterocycles. The van der Waals surface area contributed by atoms with Crippen LogP contribution in [-0.2, 0) is 18.8 Å². The molecule has 5 rings (SSSR count). The van der Waals surface area contributed by atoms with Gasteiger partial charge in [-0.05, 0) is 31.4 Å². The molecule has 1 saturated carbocycles. The summed E-state index contributed by atoms with van der Waals surface area (Å²) in [6.45, 7) is 1.59. The number of carbonyl (C=O) groups excluding carboxylic acids is 1. The molecule has 4 N–H and O–H groups in total. The fourth-order valence-corrected chi connectivity index (χ4v) is 5.62. The smallest absolute Gasteiger partial charge is 0.334 e. The van der Waals surface area contributed by atoms with Crippen LogP contribution in [0.25, 0.3) is 11.2 Å². The maximum absolute atomic E-state index is 12.4. The van der Waals surface area contributed by atoms with E-state index in [9.17, 15) is 14.5 Å². The number of hydrogen-bond donors (Lipinski definition) is 4. The lowest BCUT2D eigenvalue weighted by Gasteiger charge is -2.39. The molecule has 13 nitrogen and oxygen atoms in total. The molecule has 15 heteroatoms. The molecule has 34 heavy (non-hydrogen) atoms. The number of halogens is 1. The second-order valence-electron chi connectivity index (χ2n) is 8.92. The number of aromatic nitrogens is 4.